The third-order valence-electron chi connectivity index (χ3n) is 1.95. The lowest BCUT2D eigenvalue weighted by Crippen LogP contribution is -2.22. The first-order valence-electron chi connectivity index (χ1n) is 4.63. The minimum atomic E-state index is -1.22. The van der Waals surface area contributed by atoms with Gasteiger partial charge >= 0.3 is 0 Å². The molecule has 0 spiro atoms. The van der Waals surface area contributed by atoms with Gasteiger partial charge in [-0.15, -0.1) is 0 Å². The topological polar surface area (TPSA) is 55.1 Å². The number of nitrogens with one attached hydrogen (secondary N) is 1. The molecule has 1 rings (SSSR count). The molecule has 88 valence electrons. The van der Waals surface area contributed by atoms with E-state index in [-0.39, 0.29) is 25.1 Å². The van der Waals surface area contributed by atoms with E-state index in [4.69, 9.17) is 5.73 Å². The molecule has 0 bridgehead atoms. The van der Waals surface area contributed by atoms with E-state index in [0.717, 1.165) is 6.07 Å². The Morgan fingerprint density at radius 1 is 1.19 bits per heavy atom. The third-order valence-corrected chi connectivity index (χ3v) is 1.95. The van der Waals surface area contributed by atoms with Crippen molar-refractivity contribution in [1.29, 1.82) is 0 Å². The predicted molar refractivity (Wildman–Crippen MR) is 51.8 cm³/mol. The summed E-state index contributed by atoms with van der Waals surface area (Å²) in [4.78, 5) is 10.4. The van der Waals surface area contributed by atoms with Gasteiger partial charge in [0.25, 0.3) is 0 Å². The van der Waals surface area contributed by atoms with Crippen LogP contribution in [0, 0.1) is 17.5 Å². The molecule has 3 N–H and O–H groups in total. The Hall–Kier alpha value is -1.56. The van der Waals surface area contributed by atoms with Gasteiger partial charge in [-0.05, 0) is 6.07 Å². The predicted octanol–water partition coefficient (Wildman–Crippen LogP) is 1.07. The van der Waals surface area contributed by atoms with Crippen molar-refractivity contribution in [2.24, 2.45) is 5.73 Å². The van der Waals surface area contributed by atoms with Gasteiger partial charge in [0.05, 0.1) is 0 Å². The highest BCUT2D eigenvalue weighted by molar-refractivity contribution is 5.73. The maximum Gasteiger partial charge on any atom is 0.218 e. The van der Waals surface area contributed by atoms with E-state index in [9.17, 15) is 18.0 Å². The zero-order chi connectivity index (χ0) is 12.1. The van der Waals surface area contributed by atoms with Crippen LogP contribution in [0.3, 0.4) is 0 Å². The molecule has 1 aromatic rings. The molecule has 0 aromatic heterocycles. The molecule has 0 heterocycles. The summed E-state index contributed by atoms with van der Waals surface area (Å²) < 4.78 is 38.4. The molecule has 0 saturated carbocycles. The number of hydrogen-bond donors (Lipinski definition) is 2. The molecule has 0 radical (unpaired) electrons. The number of primary amides is 1. The highest BCUT2D eigenvalue weighted by Gasteiger charge is 2.09. The first kappa shape index (κ1) is 12.5. The summed E-state index contributed by atoms with van der Waals surface area (Å²) in [6, 6.07) is 1.27. The number of nitrogens with two attached hydrogens (primary N) is 1. The molecule has 0 aliphatic heterocycles. The van der Waals surface area contributed by atoms with Crippen LogP contribution in [0.4, 0.5) is 13.2 Å². The zero-order valence-electron chi connectivity index (χ0n) is 8.40. The monoisotopic (exact) mass is 232 g/mol. The van der Waals surface area contributed by atoms with E-state index in [1.165, 1.54) is 0 Å². The summed E-state index contributed by atoms with van der Waals surface area (Å²) in [6.07, 6.45) is 0.102. The first-order valence-corrected chi connectivity index (χ1v) is 4.63. The fourth-order valence-electron chi connectivity index (χ4n) is 1.13. The molecule has 16 heavy (non-hydrogen) atoms. The van der Waals surface area contributed by atoms with Gasteiger partial charge in [-0.25, -0.2) is 13.2 Å². The zero-order valence-corrected chi connectivity index (χ0v) is 8.40. The Morgan fingerprint density at radius 2 is 1.81 bits per heavy atom. The van der Waals surface area contributed by atoms with Gasteiger partial charge in [-0.1, -0.05) is 0 Å². The Labute approximate surface area is 90.4 Å². The van der Waals surface area contributed by atoms with Crippen molar-refractivity contribution in [3.05, 3.63) is 35.1 Å². The lowest BCUT2D eigenvalue weighted by Gasteiger charge is -2.05. The molecule has 0 aliphatic rings. The second-order valence-electron chi connectivity index (χ2n) is 3.25. The summed E-state index contributed by atoms with van der Waals surface area (Å²) in [5.74, 6) is -3.64. The normalized spacial score (nSPS) is 10.4. The number of benzene rings is 1. The van der Waals surface area contributed by atoms with Gasteiger partial charge in [-0.2, -0.15) is 0 Å². The van der Waals surface area contributed by atoms with E-state index in [2.05, 4.69) is 5.32 Å². The number of carbonyl (C=O) groups excluding carboxylic acids is 1. The van der Waals surface area contributed by atoms with E-state index in [0.29, 0.717) is 6.07 Å². The molecule has 0 saturated heterocycles. The number of halogens is 3. The maximum absolute atomic E-state index is 13.1. The molecule has 6 heteroatoms. The average molecular weight is 232 g/mol. The molecule has 0 unspecified atom stereocenters. The lowest BCUT2D eigenvalue weighted by atomic mass is 10.2. The number of amides is 1. The minimum absolute atomic E-state index is 0.00312. The molecule has 0 aliphatic carbocycles. The third kappa shape index (κ3) is 3.54. The molecule has 0 atom stereocenters. The fraction of sp³-hybridized carbons (Fsp3) is 0.300. The van der Waals surface area contributed by atoms with Crippen molar-refractivity contribution in [3.8, 4) is 0 Å². The summed E-state index contributed by atoms with van der Waals surface area (Å²) in [5.41, 5.74) is 4.89. The number of carbonyl (C=O) groups is 1. The SMILES string of the molecule is NC(=O)CCNCc1cc(F)c(F)cc1F. The van der Waals surface area contributed by atoms with Gasteiger partial charge in [0.2, 0.25) is 5.91 Å². The Morgan fingerprint density at radius 3 is 2.44 bits per heavy atom. The standard InChI is InChI=1S/C10H11F3N2O/c11-7-4-9(13)8(12)3-6(7)5-15-2-1-10(14)16/h3-4,15H,1-2,5H2,(H2,14,16). The number of hydrogen-bond acceptors (Lipinski definition) is 2. The van der Waals surface area contributed by atoms with E-state index in [1.54, 1.807) is 0 Å². The summed E-state index contributed by atoms with van der Waals surface area (Å²) in [5, 5.41) is 2.69. The largest absolute Gasteiger partial charge is 0.370 e. The van der Waals surface area contributed by atoms with E-state index in [1.807, 2.05) is 0 Å². The quantitative estimate of drug-likeness (QED) is 0.589. The number of rotatable bonds is 5. The van der Waals surface area contributed by atoms with Crippen LogP contribution in [0.5, 0.6) is 0 Å². The highest BCUT2D eigenvalue weighted by atomic mass is 19.2. The Kier molecular flexibility index (Phi) is 4.30. The van der Waals surface area contributed by atoms with Crippen LogP contribution in [0.2, 0.25) is 0 Å². The van der Waals surface area contributed by atoms with Gasteiger partial charge in [0.15, 0.2) is 11.6 Å². The van der Waals surface area contributed by atoms with Crippen molar-refractivity contribution in [1.82, 2.24) is 5.32 Å². The van der Waals surface area contributed by atoms with Crippen LogP contribution in [0.1, 0.15) is 12.0 Å². The minimum Gasteiger partial charge on any atom is -0.370 e. The Balaban J connectivity index is 2.54. The molecular weight excluding hydrogens is 221 g/mol. The van der Waals surface area contributed by atoms with Crippen LogP contribution < -0.4 is 11.1 Å². The first-order chi connectivity index (χ1) is 7.50. The van der Waals surface area contributed by atoms with E-state index >= 15 is 0 Å². The van der Waals surface area contributed by atoms with Gasteiger partial charge in [0.1, 0.15) is 5.82 Å². The van der Waals surface area contributed by atoms with Crippen molar-refractivity contribution >= 4 is 5.91 Å². The van der Waals surface area contributed by atoms with Crippen LogP contribution in [0.25, 0.3) is 0 Å². The van der Waals surface area contributed by atoms with Crippen LogP contribution in [-0.4, -0.2) is 12.5 Å². The summed E-state index contributed by atoms with van der Waals surface area (Å²) in [7, 11) is 0. The second-order valence-corrected chi connectivity index (χ2v) is 3.25. The summed E-state index contributed by atoms with van der Waals surface area (Å²) in [6.45, 7) is 0.268. The van der Waals surface area contributed by atoms with E-state index < -0.39 is 23.4 Å². The smallest absolute Gasteiger partial charge is 0.218 e. The van der Waals surface area contributed by atoms with Crippen molar-refractivity contribution in [2.75, 3.05) is 6.54 Å². The van der Waals surface area contributed by atoms with Gasteiger partial charge in [0, 0.05) is 31.1 Å². The molecule has 3 nitrogen and oxygen atoms in total. The van der Waals surface area contributed by atoms with Crippen LogP contribution >= 0.6 is 0 Å². The maximum atomic E-state index is 13.1. The van der Waals surface area contributed by atoms with Crippen molar-refractivity contribution in [3.63, 3.8) is 0 Å². The second kappa shape index (κ2) is 5.50. The van der Waals surface area contributed by atoms with Crippen molar-refractivity contribution < 1.29 is 18.0 Å². The fourth-order valence-corrected chi connectivity index (χ4v) is 1.13. The van der Waals surface area contributed by atoms with Gasteiger partial charge in [-0.3, -0.25) is 4.79 Å². The van der Waals surface area contributed by atoms with Crippen LogP contribution in [-0.2, 0) is 11.3 Å². The van der Waals surface area contributed by atoms with Crippen molar-refractivity contribution in [2.45, 2.75) is 13.0 Å². The van der Waals surface area contributed by atoms with Crippen LogP contribution in [0.15, 0.2) is 12.1 Å². The Bertz CT molecular complexity index is 396. The summed E-state index contributed by atoms with van der Waals surface area (Å²) >= 11 is 0. The lowest BCUT2D eigenvalue weighted by molar-refractivity contribution is -0.117. The van der Waals surface area contributed by atoms with Gasteiger partial charge < -0.3 is 11.1 Å². The molecule has 1 amide bonds. The molecular formula is C10H11F3N2O. The average Bonchev–Trinajstić information content (AvgIpc) is 2.19. The molecule has 0 fully saturated rings. The highest BCUT2D eigenvalue weighted by Crippen LogP contribution is 2.13. The molecule has 1 aromatic carbocycles.